The van der Waals surface area contributed by atoms with Gasteiger partial charge in [0, 0.05) is 26.9 Å². The van der Waals surface area contributed by atoms with E-state index >= 15 is 0 Å². The van der Waals surface area contributed by atoms with Crippen LogP contribution in [-0.4, -0.2) is 4.57 Å². The molecule has 0 saturated carbocycles. The molecule has 38 heavy (non-hydrogen) atoms. The molecular formula is C36H24ClN. The number of aromatic nitrogens is 1. The van der Waals surface area contributed by atoms with Crippen molar-refractivity contribution in [1.29, 1.82) is 0 Å². The molecule has 0 saturated heterocycles. The van der Waals surface area contributed by atoms with Crippen LogP contribution >= 0.6 is 11.6 Å². The summed E-state index contributed by atoms with van der Waals surface area (Å²) in [5.41, 5.74) is 10.7. The minimum atomic E-state index is 0.748. The lowest BCUT2D eigenvalue weighted by molar-refractivity contribution is 1.18. The molecule has 7 aromatic rings. The molecule has 0 amide bonds. The first kappa shape index (κ1) is 22.6. The van der Waals surface area contributed by atoms with Crippen LogP contribution in [0.3, 0.4) is 0 Å². The molecule has 1 nitrogen and oxygen atoms in total. The Bertz CT molecular complexity index is 1840. The standard InChI is InChI=1S/C36H24ClN/c37-29-21-18-25(19-22-29)28-20-23-35-33(24-28)32-14-7-8-17-34(32)38(35)36-30(26-10-3-1-4-11-26)15-9-16-31(36)27-12-5-2-6-13-27/h1-24H. The van der Waals surface area contributed by atoms with Crippen LogP contribution in [0, 0.1) is 0 Å². The van der Waals surface area contributed by atoms with Gasteiger partial charge in [0.25, 0.3) is 0 Å². The van der Waals surface area contributed by atoms with Gasteiger partial charge in [0.1, 0.15) is 0 Å². The quantitative estimate of drug-likeness (QED) is 0.224. The maximum absolute atomic E-state index is 6.17. The molecule has 0 aliphatic carbocycles. The number of rotatable bonds is 4. The van der Waals surface area contributed by atoms with Crippen molar-refractivity contribution >= 4 is 33.4 Å². The van der Waals surface area contributed by atoms with E-state index in [0.29, 0.717) is 0 Å². The number of fused-ring (bicyclic) bond motifs is 3. The van der Waals surface area contributed by atoms with Gasteiger partial charge in [0.2, 0.25) is 0 Å². The van der Waals surface area contributed by atoms with Crippen molar-refractivity contribution in [2.24, 2.45) is 0 Å². The molecule has 0 unspecified atom stereocenters. The maximum Gasteiger partial charge on any atom is 0.0618 e. The Kier molecular flexibility index (Phi) is 5.57. The lowest BCUT2D eigenvalue weighted by Crippen LogP contribution is -2.00. The van der Waals surface area contributed by atoms with Crippen molar-refractivity contribution in [2.75, 3.05) is 0 Å². The molecule has 7 rings (SSSR count). The molecular weight excluding hydrogens is 482 g/mol. The van der Waals surface area contributed by atoms with Crippen LogP contribution in [0.25, 0.3) is 60.9 Å². The van der Waals surface area contributed by atoms with E-state index in [-0.39, 0.29) is 0 Å². The number of nitrogens with zero attached hydrogens (tertiary/aromatic N) is 1. The van der Waals surface area contributed by atoms with Crippen LogP contribution in [0.4, 0.5) is 0 Å². The molecule has 0 atom stereocenters. The Morgan fingerprint density at radius 2 is 0.947 bits per heavy atom. The van der Waals surface area contributed by atoms with E-state index in [1.165, 1.54) is 55.3 Å². The van der Waals surface area contributed by atoms with Gasteiger partial charge >= 0.3 is 0 Å². The third-order valence-corrected chi connectivity index (χ3v) is 7.53. The highest BCUT2D eigenvalue weighted by atomic mass is 35.5. The van der Waals surface area contributed by atoms with E-state index in [1.54, 1.807) is 0 Å². The van der Waals surface area contributed by atoms with E-state index in [2.05, 4.69) is 138 Å². The van der Waals surface area contributed by atoms with Gasteiger partial charge in [0.15, 0.2) is 0 Å². The second-order valence-electron chi connectivity index (χ2n) is 9.53. The zero-order valence-electron chi connectivity index (χ0n) is 20.7. The average molecular weight is 506 g/mol. The van der Waals surface area contributed by atoms with Crippen LogP contribution in [0.1, 0.15) is 0 Å². The summed E-state index contributed by atoms with van der Waals surface area (Å²) in [7, 11) is 0. The van der Waals surface area contributed by atoms with Gasteiger partial charge in [-0.05, 0) is 52.6 Å². The summed E-state index contributed by atoms with van der Waals surface area (Å²) < 4.78 is 2.45. The molecule has 6 aromatic carbocycles. The molecule has 0 fully saturated rings. The molecule has 2 heteroatoms. The predicted octanol–water partition coefficient (Wildman–Crippen LogP) is 10.4. The van der Waals surface area contributed by atoms with E-state index < -0.39 is 0 Å². The Morgan fingerprint density at radius 3 is 1.61 bits per heavy atom. The summed E-state index contributed by atoms with van der Waals surface area (Å²) in [5.74, 6) is 0. The largest absolute Gasteiger partial charge is 0.308 e. The monoisotopic (exact) mass is 505 g/mol. The number of benzene rings is 6. The molecule has 1 heterocycles. The normalized spacial score (nSPS) is 11.3. The van der Waals surface area contributed by atoms with E-state index in [4.69, 9.17) is 11.6 Å². The minimum absolute atomic E-state index is 0.748. The van der Waals surface area contributed by atoms with Gasteiger partial charge in [-0.3, -0.25) is 0 Å². The predicted molar refractivity (Wildman–Crippen MR) is 162 cm³/mol. The fourth-order valence-electron chi connectivity index (χ4n) is 5.52. The third kappa shape index (κ3) is 3.80. The first-order valence-electron chi connectivity index (χ1n) is 12.8. The minimum Gasteiger partial charge on any atom is -0.308 e. The van der Waals surface area contributed by atoms with E-state index in [0.717, 1.165) is 10.6 Å². The molecule has 0 bridgehead atoms. The smallest absolute Gasteiger partial charge is 0.0618 e. The zero-order valence-corrected chi connectivity index (χ0v) is 21.4. The van der Waals surface area contributed by atoms with Gasteiger partial charge in [0.05, 0.1) is 16.7 Å². The summed E-state index contributed by atoms with van der Waals surface area (Å²) in [4.78, 5) is 0. The Morgan fingerprint density at radius 1 is 0.395 bits per heavy atom. The molecule has 0 aliphatic rings. The molecule has 180 valence electrons. The Balaban J connectivity index is 1.58. The first-order valence-corrected chi connectivity index (χ1v) is 13.2. The fourth-order valence-corrected chi connectivity index (χ4v) is 5.65. The Labute approximate surface area is 227 Å². The summed E-state index contributed by atoms with van der Waals surface area (Å²) in [5, 5.41) is 3.22. The highest BCUT2D eigenvalue weighted by molar-refractivity contribution is 6.30. The zero-order chi connectivity index (χ0) is 25.5. The van der Waals surface area contributed by atoms with E-state index in [9.17, 15) is 0 Å². The summed E-state index contributed by atoms with van der Waals surface area (Å²) in [6.45, 7) is 0. The SMILES string of the molecule is Clc1ccc(-c2ccc3c(c2)c2ccccc2n3-c2c(-c3ccccc3)cccc2-c2ccccc2)cc1. The third-order valence-electron chi connectivity index (χ3n) is 7.28. The van der Waals surface area contributed by atoms with Gasteiger partial charge < -0.3 is 4.57 Å². The van der Waals surface area contributed by atoms with E-state index in [1.807, 2.05) is 12.1 Å². The number of hydrogen-bond donors (Lipinski definition) is 0. The van der Waals surface area contributed by atoms with Crippen LogP contribution in [0.2, 0.25) is 5.02 Å². The van der Waals surface area contributed by atoms with Crippen molar-refractivity contribution in [1.82, 2.24) is 4.57 Å². The number of hydrogen-bond acceptors (Lipinski definition) is 0. The van der Waals surface area contributed by atoms with Crippen LogP contribution in [0.15, 0.2) is 146 Å². The van der Waals surface area contributed by atoms with Crippen LogP contribution in [0.5, 0.6) is 0 Å². The second-order valence-corrected chi connectivity index (χ2v) is 9.96. The number of para-hydroxylation sites is 2. The second kappa shape index (κ2) is 9.37. The molecule has 0 aliphatic heterocycles. The highest BCUT2D eigenvalue weighted by Crippen LogP contribution is 2.42. The van der Waals surface area contributed by atoms with Gasteiger partial charge in [-0.25, -0.2) is 0 Å². The van der Waals surface area contributed by atoms with Crippen molar-refractivity contribution in [3.63, 3.8) is 0 Å². The van der Waals surface area contributed by atoms with Gasteiger partial charge in [-0.15, -0.1) is 0 Å². The van der Waals surface area contributed by atoms with Crippen molar-refractivity contribution in [3.8, 4) is 39.1 Å². The van der Waals surface area contributed by atoms with Crippen molar-refractivity contribution in [3.05, 3.63) is 151 Å². The highest BCUT2D eigenvalue weighted by Gasteiger charge is 2.19. The lowest BCUT2D eigenvalue weighted by Gasteiger charge is -2.19. The molecule has 0 radical (unpaired) electrons. The first-order chi connectivity index (χ1) is 18.8. The number of halogens is 1. The van der Waals surface area contributed by atoms with Gasteiger partial charge in [-0.1, -0.05) is 127 Å². The van der Waals surface area contributed by atoms with Crippen molar-refractivity contribution in [2.45, 2.75) is 0 Å². The average Bonchev–Trinajstić information content (AvgIpc) is 3.31. The molecule has 0 spiro atoms. The molecule has 1 aromatic heterocycles. The van der Waals surface area contributed by atoms with Gasteiger partial charge in [-0.2, -0.15) is 0 Å². The lowest BCUT2D eigenvalue weighted by atomic mass is 9.95. The molecule has 0 N–H and O–H groups in total. The van der Waals surface area contributed by atoms with Crippen molar-refractivity contribution < 1.29 is 0 Å². The fraction of sp³-hybridized carbons (Fsp3) is 0. The Hall–Kier alpha value is -4.59. The summed E-state index contributed by atoms with van der Waals surface area (Å²) in [6.07, 6.45) is 0. The summed E-state index contributed by atoms with van der Waals surface area (Å²) in [6, 6.07) is 51.6. The summed E-state index contributed by atoms with van der Waals surface area (Å²) >= 11 is 6.17. The maximum atomic E-state index is 6.17. The van der Waals surface area contributed by atoms with Crippen LogP contribution < -0.4 is 0 Å². The van der Waals surface area contributed by atoms with Crippen LogP contribution in [-0.2, 0) is 0 Å². The topological polar surface area (TPSA) is 4.93 Å².